The highest BCUT2D eigenvalue weighted by atomic mass is 79.9. The lowest BCUT2D eigenvalue weighted by molar-refractivity contribution is -0.274. The molecule has 3 rings (SSSR count). The monoisotopic (exact) mass is 496 g/mol. The maximum absolute atomic E-state index is 12.6. The van der Waals surface area contributed by atoms with Crippen LogP contribution in [0.25, 0.3) is 11.3 Å². The third kappa shape index (κ3) is 6.56. The summed E-state index contributed by atoms with van der Waals surface area (Å²) in [5.41, 5.74) is 2.61. The van der Waals surface area contributed by atoms with E-state index >= 15 is 0 Å². The Morgan fingerprint density at radius 2 is 1.90 bits per heavy atom. The molecule has 0 aliphatic heterocycles. The first-order valence-corrected chi connectivity index (χ1v) is 10.1. The molecule has 0 aliphatic carbocycles. The molecule has 2 aromatic carbocycles. The van der Waals surface area contributed by atoms with Crippen molar-refractivity contribution < 1.29 is 23.0 Å². The largest absolute Gasteiger partial charge is 0.573 e. The first-order valence-electron chi connectivity index (χ1n) is 9.29. The van der Waals surface area contributed by atoms with Crippen LogP contribution in [0.5, 0.6) is 5.75 Å². The number of hydrogen-bond acceptors (Lipinski definition) is 6. The minimum atomic E-state index is -4.79. The summed E-state index contributed by atoms with van der Waals surface area (Å²) in [5, 5.41) is 15.5. The molecule has 0 unspecified atom stereocenters. The van der Waals surface area contributed by atoms with Crippen LogP contribution in [0.2, 0.25) is 0 Å². The van der Waals surface area contributed by atoms with Gasteiger partial charge in [-0.3, -0.25) is 0 Å². The topological polar surface area (TPSA) is 79.3 Å². The van der Waals surface area contributed by atoms with E-state index in [4.69, 9.17) is 0 Å². The Balaban J connectivity index is 2.00. The molecule has 0 bridgehead atoms. The average Bonchev–Trinajstić information content (AvgIpc) is 2.69. The lowest BCUT2D eigenvalue weighted by Crippen LogP contribution is -2.21. The molecule has 1 atom stereocenters. The van der Waals surface area contributed by atoms with Crippen LogP contribution in [0.1, 0.15) is 12.5 Å². The van der Waals surface area contributed by atoms with Crippen LogP contribution >= 0.6 is 15.9 Å². The SMILES string of the molecule is Cc1ccc(Nc2cc(-c3cccc(OC(F)(F)F)c3)nc(N[C@@H](C)CO)n2)c(Br)c1. The number of benzene rings is 2. The van der Waals surface area contributed by atoms with E-state index in [1.54, 1.807) is 19.1 Å². The number of nitrogens with zero attached hydrogens (tertiary/aromatic N) is 2. The van der Waals surface area contributed by atoms with Gasteiger partial charge in [-0.05, 0) is 59.6 Å². The van der Waals surface area contributed by atoms with Crippen LogP contribution in [0.3, 0.4) is 0 Å². The Labute approximate surface area is 185 Å². The second-order valence-electron chi connectivity index (χ2n) is 6.87. The van der Waals surface area contributed by atoms with Gasteiger partial charge in [-0.1, -0.05) is 18.2 Å². The number of halogens is 4. The molecule has 164 valence electrons. The summed E-state index contributed by atoms with van der Waals surface area (Å²) in [6.45, 7) is 3.57. The van der Waals surface area contributed by atoms with Crippen molar-refractivity contribution in [3.63, 3.8) is 0 Å². The standard InChI is InChI=1S/C21H20BrF3N4O2/c1-12-6-7-17(16(22)8-12)27-19-10-18(28-20(29-19)26-13(2)11-30)14-4-3-5-15(9-14)31-21(23,24)25/h3-10,13,30H,11H2,1-2H3,(H2,26,27,28,29)/t13-/m0/s1. The number of ether oxygens (including phenoxy) is 1. The van der Waals surface area contributed by atoms with Crippen molar-refractivity contribution in [2.24, 2.45) is 0 Å². The third-order valence-corrected chi connectivity index (χ3v) is 4.78. The molecule has 0 fully saturated rings. The molecule has 0 radical (unpaired) electrons. The maximum Gasteiger partial charge on any atom is 0.573 e. The Bertz CT molecular complexity index is 1060. The van der Waals surface area contributed by atoms with Crippen molar-refractivity contribution >= 4 is 33.4 Å². The first-order chi connectivity index (χ1) is 14.6. The highest BCUT2D eigenvalue weighted by Gasteiger charge is 2.31. The van der Waals surface area contributed by atoms with E-state index in [2.05, 4.69) is 41.3 Å². The van der Waals surface area contributed by atoms with E-state index in [1.807, 2.05) is 25.1 Å². The quantitative estimate of drug-likeness (QED) is 0.392. The third-order valence-electron chi connectivity index (χ3n) is 4.13. The molecule has 1 heterocycles. The van der Waals surface area contributed by atoms with E-state index in [-0.39, 0.29) is 24.3 Å². The van der Waals surface area contributed by atoms with Crippen molar-refractivity contribution in [1.29, 1.82) is 0 Å². The van der Waals surface area contributed by atoms with Crippen molar-refractivity contribution in [1.82, 2.24) is 9.97 Å². The van der Waals surface area contributed by atoms with E-state index < -0.39 is 6.36 Å². The van der Waals surface area contributed by atoms with Gasteiger partial charge in [-0.15, -0.1) is 13.2 Å². The molecular formula is C21H20BrF3N4O2. The second kappa shape index (κ2) is 9.52. The molecule has 3 aromatic rings. The summed E-state index contributed by atoms with van der Waals surface area (Å²) in [7, 11) is 0. The number of nitrogens with one attached hydrogen (secondary N) is 2. The zero-order valence-electron chi connectivity index (χ0n) is 16.7. The lowest BCUT2D eigenvalue weighted by atomic mass is 10.1. The van der Waals surface area contributed by atoms with Gasteiger partial charge in [0.15, 0.2) is 0 Å². The van der Waals surface area contributed by atoms with Crippen LogP contribution in [0.4, 0.5) is 30.6 Å². The summed E-state index contributed by atoms with van der Waals surface area (Å²) in [5.74, 6) is 0.286. The zero-order valence-corrected chi connectivity index (χ0v) is 18.3. The lowest BCUT2D eigenvalue weighted by Gasteiger charge is -2.15. The molecule has 31 heavy (non-hydrogen) atoms. The van der Waals surface area contributed by atoms with E-state index in [9.17, 15) is 18.3 Å². The van der Waals surface area contributed by atoms with Crippen LogP contribution in [-0.2, 0) is 0 Å². The summed E-state index contributed by atoms with van der Waals surface area (Å²) in [4.78, 5) is 8.80. The number of alkyl halides is 3. The maximum atomic E-state index is 12.6. The smallest absolute Gasteiger partial charge is 0.406 e. The first kappa shape index (κ1) is 22.8. The Morgan fingerprint density at radius 3 is 2.58 bits per heavy atom. The van der Waals surface area contributed by atoms with Crippen molar-refractivity contribution in [3.8, 4) is 17.0 Å². The molecule has 0 amide bonds. The van der Waals surface area contributed by atoms with Gasteiger partial charge in [-0.2, -0.15) is 4.98 Å². The highest BCUT2D eigenvalue weighted by molar-refractivity contribution is 9.10. The van der Waals surface area contributed by atoms with Gasteiger partial charge >= 0.3 is 6.36 Å². The number of anilines is 3. The molecule has 10 heteroatoms. The highest BCUT2D eigenvalue weighted by Crippen LogP contribution is 2.31. The van der Waals surface area contributed by atoms with E-state index in [1.165, 1.54) is 18.2 Å². The Morgan fingerprint density at radius 1 is 1.13 bits per heavy atom. The predicted octanol–water partition coefficient (Wildman–Crippen LogP) is 5.65. The second-order valence-corrected chi connectivity index (χ2v) is 7.73. The van der Waals surface area contributed by atoms with E-state index in [0.717, 1.165) is 15.7 Å². The Hall–Kier alpha value is -2.85. The summed E-state index contributed by atoms with van der Waals surface area (Å²) >= 11 is 3.50. The van der Waals surface area contributed by atoms with Gasteiger partial charge in [0.2, 0.25) is 5.95 Å². The summed E-state index contributed by atoms with van der Waals surface area (Å²) < 4.78 is 42.6. The fraction of sp³-hybridized carbons (Fsp3) is 0.238. The fourth-order valence-corrected chi connectivity index (χ4v) is 3.29. The number of rotatable bonds is 7. The van der Waals surface area contributed by atoms with Gasteiger partial charge in [0.1, 0.15) is 11.6 Å². The average molecular weight is 497 g/mol. The van der Waals surface area contributed by atoms with Crippen molar-refractivity contribution in [2.75, 3.05) is 17.2 Å². The molecule has 3 N–H and O–H groups in total. The Kier molecular flexibility index (Phi) is 7.01. The summed E-state index contributed by atoms with van der Waals surface area (Å²) in [6.07, 6.45) is -4.79. The van der Waals surface area contributed by atoms with Gasteiger partial charge in [-0.25, -0.2) is 4.98 Å². The van der Waals surface area contributed by atoms with Crippen LogP contribution < -0.4 is 15.4 Å². The number of aryl methyl sites for hydroxylation is 1. The van der Waals surface area contributed by atoms with Gasteiger partial charge in [0.25, 0.3) is 0 Å². The molecule has 0 saturated carbocycles. The molecule has 0 aliphatic rings. The molecule has 0 saturated heterocycles. The number of hydrogen-bond donors (Lipinski definition) is 3. The molecular weight excluding hydrogens is 477 g/mol. The predicted molar refractivity (Wildman–Crippen MR) is 116 cm³/mol. The molecule has 6 nitrogen and oxygen atoms in total. The summed E-state index contributed by atoms with van der Waals surface area (Å²) in [6, 6.07) is 12.6. The van der Waals surface area contributed by atoms with E-state index in [0.29, 0.717) is 17.1 Å². The van der Waals surface area contributed by atoms with Gasteiger partial charge in [0, 0.05) is 22.1 Å². The van der Waals surface area contributed by atoms with Gasteiger partial charge < -0.3 is 20.5 Å². The fourth-order valence-electron chi connectivity index (χ4n) is 2.70. The van der Waals surface area contributed by atoms with Crippen LogP contribution in [-0.4, -0.2) is 34.1 Å². The van der Waals surface area contributed by atoms with Crippen LogP contribution in [0, 0.1) is 6.92 Å². The minimum absolute atomic E-state index is 0.144. The molecule has 1 aromatic heterocycles. The number of aromatic nitrogens is 2. The molecule has 0 spiro atoms. The van der Waals surface area contributed by atoms with Crippen molar-refractivity contribution in [3.05, 3.63) is 58.6 Å². The van der Waals surface area contributed by atoms with Gasteiger partial charge in [0.05, 0.1) is 18.0 Å². The number of aliphatic hydroxyl groups is 1. The number of aliphatic hydroxyl groups excluding tert-OH is 1. The minimum Gasteiger partial charge on any atom is -0.406 e. The zero-order chi connectivity index (χ0) is 22.6. The normalized spacial score (nSPS) is 12.4. The van der Waals surface area contributed by atoms with Crippen LogP contribution in [0.15, 0.2) is 53.0 Å². The van der Waals surface area contributed by atoms with Crippen molar-refractivity contribution in [2.45, 2.75) is 26.3 Å².